The first-order valence-corrected chi connectivity index (χ1v) is 7.55. The van der Waals surface area contributed by atoms with E-state index in [9.17, 15) is 4.79 Å². The Morgan fingerprint density at radius 2 is 2.12 bits per heavy atom. The van der Waals surface area contributed by atoms with Crippen molar-refractivity contribution in [1.29, 1.82) is 0 Å². The maximum Gasteiger partial charge on any atom is 0.268 e. The molecule has 2 heterocycles. The average Bonchev–Trinajstić information content (AvgIpc) is 2.83. The second-order valence-electron chi connectivity index (χ2n) is 3.48. The SMILES string of the molecule is CCN1C(=O)/C(=C2/SCCN2CC)SC1=S. The molecule has 2 aliphatic rings. The van der Waals surface area contributed by atoms with E-state index in [1.807, 2.05) is 6.92 Å². The van der Waals surface area contributed by atoms with Gasteiger partial charge in [-0.25, -0.2) is 0 Å². The fraction of sp³-hybridized carbons (Fsp3) is 0.600. The molecule has 0 aromatic carbocycles. The maximum absolute atomic E-state index is 12.1. The van der Waals surface area contributed by atoms with Crippen molar-refractivity contribution in [3.05, 3.63) is 9.93 Å². The molecule has 6 heteroatoms. The molecule has 1 amide bonds. The van der Waals surface area contributed by atoms with Crippen molar-refractivity contribution < 1.29 is 4.79 Å². The van der Waals surface area contributed by atoms with E-state index in [2.05, 4.69) is 11.8 Å². The van der Waals surface area contributed by atoms with Gasteiger partial charge >= 0.3 is 0 Å². The van der Waals surface area contributed by atoms with Gasteiger partial charge in [0.25, 0.3) is 5.91 Å². The van der Waals surface area contributed by atoms with Gasteiger partial charge in [-0.1, -0.05) is 24.0 Å². The standard InChI is InChI=1S/C10H14N2OS3/c1-3-11-5-6-15-9(11)7-8(13)12(4-2)10(14)16-7/h3-6H2,1-2H3/b9-7-. The van der Waals surface area contributed by atoms with Gasteiger partial charge < -0.3 is 4.90 Å². The zero-order valence-electron chi connectivity index (χ0n) is 9.36. The van der Waals surface area contributed by atoms with Gasteiger partial charge in [-0.15, -0.1) is 11.8 Å². The van der Waals surface area contributed by atoms with Crippen molar-refractivity contribution in [2.24, 2.45) is 0 Å². The van der Waals surface area contributed by atoms with Crippen LogP contribution in [-0.4, -0.2) is 45.4 Å². The van der Waals surface area contributed by atoms with E-state index in [1.54, 1.807) is 16.7 Å². The molecule has 0 aromatic heterocycles. The Balaban J connectivity index is 2.31. The largest absolute Gasteiger partial charge is 0.365 e. The van der Waals surface area contributed by atoms with E-state index >= 15 is 0 Å². The van der Waals surface area contributed by atoms with Gasteiger partial charge in [0.1, 0.15) is 9.23 Å². The Bertz CT molecular complexity index is 367. The lowest BCUT2D eigenvalue weighted by Crippen LogP contribution is -2.28. The average molecular weight is 274 g/mol. The van der Waals surface area contributed by atoms with Crippen molar-refractivity contribution in [2.45, 2.75) is 13.8 Å². The first kappa shape index (κ1) is 12.3. The molecule has 0 unspecified atom stereocenters. The molecular formula is C10H14N2OS3. The number of hydrogen-bond acceptors (Lipinski definition) is 5. The summed E-state index contributed by atoms with van der Waals surface area (Å²) in [7, 11) is 0. The van der Waals surface area contributed by atoms with Crippen LogP contribution in [0.4, 0.5) is 0 Å². The number of amides is 1. The molecule has 2 fully saturated rings. The van der Waals surface area contributed by atoms with Crippen molar-refractivity contribution >= 4 is 46.0 Å². The highest BCUT2D eigenvalue weighted by Gasteiger charge is 2.36. The molecule has 0 saturated carbocycles. The second kappa shape index (κ2) is 4.98. The molecule has 0 aliphatic carbocycles. The van der Waals surface area contributed by atoms with Gasteiger partial charge in [-0.05, 0) is 13.8 Å². The molecule has 0 aromatic rings. The zero-order chi connectivity index (χ0) is 11.7. The first-order chi connectivity index (χ1) is 7.69. The number of carbonyl (C=O) groups excluding carboxylic acids is 1. The Kier molecular flexibility index (Phi) is 3.81. The Morgan fingerprint density at radius 1 is 1.38 bits per heavy atom. The van der Waals surface area contributed by atoms with Gasteiger partial charge in [0.05, 0.1) is 5.03 Å². The van der Waals surface area contributed by atoms with Crippen LogP contribution >= 0.6 is 35.7 Å². The van der Waals surface area contributed by atoms with Crippen molar-refractivity contribution in [2.75, 3.05) is 25.4 Å². The molecule has 0 spiro atoms. The minimum absolute atomic E-state index is 0.0837. The summed E-state index contributed by atoms with van der Waals surface area (Å²) in [6, 6.07) is 0. The van der Waals surface area contributed by atoms with E-state index in [0.717, 1.165) is 28.8 Å². The number of thioether (sulfide) groups is 2. The van der Waals surface area contributed by atoms with E-state index in [4.69, 9.17) is 12.2 Å². The number of thiocarbonyl (C=S) groups is 1. The van der Waals surface area contributed by atoms with Gasteiger partial charge in [-0.3, -0.25) is 9.69 Å². The summed E-state index contributed by atoms with van der Waals surface area (Å²) in [6.07, 6.45) is 0. The van der Waals surface area contributed by atoms with Crippen LogP contribution in [-0.2, 0) is 4.79 Å². The van der Waals surface area contributed by atoms with Crippen LogP contribution in [0.3, 0.4) is 0 Å². The number of rotatable bonds is 2. The highest BCUT2D eigenvalue weighted by Crippen LogP contribution is 2.40. The molecule has 2 aliphatic heterocycles. The predicted molar refractivity (Wildman–Crippen MR) is 74.3 cm³/mol. The zero-order valence-corrected chi connectivity index (χ0v) is 11.8. The van der Waals surface area contributed by atoms with Gasteiger partial charge in [-0.2, -0.15) is 0 Å². The van der Waals surface area contributed by atoms with E-state index in [1.165, 1.54) is 11.8 Å². The summed E-state index contributed by atoms with van der Waals surface area (Å²) >= 11 is 8.43. The monoisotopic (exact) mass is 274 g/mol. The van der Waals surface area contributed by atoms with Gasteiger partial charge in [0.2, 0.25) is 0 Å². The molecule has 88 valence electrons. The van der Waals surface area contributed by atoms with Crippen LogP contribution in [0, 0.1) is 0 Å². The molecule has 0 radical (unpaired) electrons. The molecule has 3 nitrogen and oxygen atoms in total. The summed E-state index contributed by atoms with van der Waals surface area (Å²) in [6.45, 7) is 6.73. The second-order valence-corrected chi connectivity index (χ2v) is 6.21. The topological polar surface area (TPSA) is 23.6 Å². The molecular weight excluding hydrogens is 260 g/mol. The minimum Gasteiger partial charge on any atom is -0.365 e. The van der Waals surface area contributed by atoms with E-state index < -0.39 is 0 Å². The molecule has 2 saturated heterocycles. The molecule has 0 bridgehead atoms. The Labute approximate surface area is 110 Å². The fourth-order valence-electron chi connectivity index (χ4n) is 1.76. The molecule has 0 N–H and O–H groups in total. The van der Waals surface area contributed by atoms with Crippen molar-refractivity contribution in [3.63, 3.8) is 0 Å². The summed E-state index contributed by atoms with van der Waals surface area (Å²) < 4.78 is 0.693. The van der Waals surface area contributed by atoms with Crippen molar-refractivity contribution in [1.82, 2.24) is 9.80 Å². The summed E-state index contributed by atoms with van der Waals surface area (Å²) in [5, 5.41) is 1.12. The van der Waals surface area contributed by atoms with Crippen LogP contribution in [0.25, 0.3) is 0 Å². The van der Waals surface area contributed by atoms with Crippen LogP contribution in [0.1, 0.15) is 13.8 Å². The third-order valence-electron chi connectivity index (χ3n) is 2.63. The summed E-state index contributed by atoms with van der Waals surface area (Å²) in [5.41, 5.74) is 0. The summed E-state index contributed by atoms with van der Waals surface area (Å²) in [4.78, 5) is 16.9. The molecule has 0 atom stereocenters. The van der Waals surface area contributed by atoms with Crippen LogP contribution < -0.4 is 0 Å². The normalized spacial score (nSPS) is 26.1. The van der Waals surface area contributed by atoms with Crippen molar-refractivity contribution in [3.8, 4) is 0 Å². The number of carbonyl (C=O) groups is 1. The first-order valence-electron chi connectivity index (χ1n) is 5.34. The van der Waals surface area contributed by atoms with Crippen LogP contribution in [0.5, 0.6) is 0 Å². The molecule has 2 rings (SSSR count). The number of nitrogens with zero attached hydrogens (tertiary/aromatic N) is 2. The van der Waals surface area contributed by atoms with E-state index in [0.29, 0.717) is 10.9 Å². The maximum atomic E-state index is 12.1. The Morgan fingerprint density at radius 3 is 2.69 bits per heavy atom. The fourth-order valence-corrected chi connectivity index (χ4v) is 4.56. The lowest BCUT2D eigenvalue weighted by molar-refractivity contribution is -0.122. The lowest BCUT2D eigenvalue weighted by Gasteiger charge is -2.17. The number of likely N-dealkylation sites (N-methyl/N-ethyl adjacent to an activating group) is 1. The molecule has 16 heavy (non-hydrogen) atoms. The Hall–Kier alpha value is -0.200. The van der Waals surface area contributed by atoms with Crippen LogP contribution in [0.15, 0.2) is 9.93 Å². The summed E-state index contributed by atoms with van der Waals surface area (Å²) in [5.74, 6) is 1.15. The number of hydrogen-bond donors (Lipinski definition) is 0. The third-order valence-corrected chi connectivity index (χ3v) is 5.32. The van der Waals surface area contributed by atoms with E-state index in [-0.39, 0.29) is 5.91 Å². The highest BCUT2D eigenvalue weighted by molar-refractivity contribution is 8.27. The highest BCUT2D eigenvalue weighted by atomic mass is 32.2. The quantitative estimate of drug-likeness (QED) is 0.567. The minimum atomic E-state index is 0.0837. The van der Waals surface area contributed by atoms with Gasteiger partial charge in [0.15, 0.2) is 0 Å². The predicted octanol–water partition coefficient (Wildman–Crippen LogP) is 2.10. The van der Waals surface area contributed by atoms with Crippen LogP contribution in [0.2, 0.25) is 0 Å². The third kappa shape index (κ3) is 1.98. The van der Waals surface area contributed by atoms with Gasteiger partial charge in [0, 0.05) is 25.4 Å². The smallest absolute Gasteiger partial charge is 0.268 e. The lowest BCUT2D eigenvalue weighted by atomic mass is 10.4.